The second-order valence-electron chi connectivity index (χ2n) is 6.84. The molecule has 20 heavy (non-hydrogen) atoms. The van der Waals surface area contributed by atoms with Crippen LogP contribution in [-0.4, -0.2) is 11.2 Å². The average Bonchev–Trinajstić information content (AvgIpc) is 2.32. The van der Waals surface area contributed by atoms with E-state index in [1.165, 1.54) is 27.8 Å². The van der Waals surface area contributed by atoms with Crippen molar-refractivity contribution < 1.29 is 5.11 Å². The summed E-state index contributed by atoms with van der Waals surface area (Å²) in [5, 5.41) is 10.7. The van der Waals surface area contributed by atoms with E-state index in [0.29, 0.717) is 11.8 Å². The highest BCUT2D eigenvalue weighted by atomic mass is 16.3. The van der Waals surface area contributed by atoms with Crippen LogP contribution in [0, 0.1) is 32.6 Å². The molecule has 1 N–H and O–H groups in total. The summed E-state index contributed by atoms with van der Waals surface area (Å²) in [7, 11) is 0. The van der Waals surface area contributed by atoms with Gasteiger partial charge in [-0.15, -0.1) is 0 Å². The third-order valence-electron chi connectivity index (χ3n) is 4.63. The Balaban J connectivity index is 2.12. The molecule has 0 heterocycles. The molecular formula is C19H28O. The lowest BCUT2D eigenvalue weighted by Crippen LogP contribution is -2.27. The molecule has 0 fully saturated rings. The van der Waals surface area contributed by atoms with Crippen molar-refractivity contribution in [2.24, 2.45) is 11.8 Å². The number of rotatable bonds is 3. The third-order valence-corrected chi connectivity index (χ3v) is 4.63. The summed E-state index contributed by atoms with van der Waals surface area (Å²) in [5.41, 5.74) is 6.71. The van der Waals surface area contributed by atoms with E-state index in [2.05, 4.69) is 52.8 Å². The highest BCUT2D eigenvalue weighted by molar-refractivity contribution is 5.38. The fourth-order valence-corrected chi connectivity index (χ4v) is 3.80. The minimum atomic E-state index is -0.221. The van der Waals surface area contributed by atoms with Gasteiger partial charge in [0.2, 0.25) is 0 Å². The molecule has 1 aromatic rings. The molecule has 0 saturated heterocycles. The summed E-state index contributed by atoms with van der Waals surface area (Å²) in [5.74, 6) is 1.01. The summed E-state index contributed by atoms with van der Waals surface area (Å²) in [6.07, 6.45) is 5.09. The smallest absolute Gasteiger partial charge is 0.0612 e. The lowest BCUT2D eigenvalue weighted by atomic mass is 9.78. The standard InChI is InChI=1S/C19H28O/c1-12-6-13(2)10-17(9-12)19(20)11-18-15(4)7-14(3)8-16(18)5/h6-8,12,17,19-20H,9-11H2,1-5H3. The average molecular weight is 272 g/mol. The van der Waals surface area contributed by atoms with Gasteiger partial charge in [-0.1, -0.05) is 36.3 Å². The Bertz CT molecular complexity index is 489. The highest BCUT2D eigenvalue weighted by Gasteiger charge is 2.25. The number of benzene rings is 1. The fourth-order valence-electron chi connectivity index (χ4n) is 3.80. The van der Waals surface area contributed by atoms with Crippen LogP contribution in [0.4, 0.5) is 0 Å². The Kier molecular flexibility index (Phi) is 4.70. The van der Waals surface area contributed by atoms with E-state index in [1.54, 1.807) is 0 Å². The zero-order chi connectivity index (χ0) is 14.9. The molecule has 1 heteroatoms. The van der Waals surface area contributed by atoms with Gasteiger partial charge in [-0.2, -0.15) is 0 Å². The van der Waals surface area contributed by atoms with Crippen molar-refractivity contribution in [2.75, 3.05) is 0 Å². The van der Waals surface area contributed by atoms with E-state index in [-0.39, 0.29) is 6.10 Å². The van der Waals surface area contributed by atoms with Gasteiger partial charge in [-0.3, -0.25) is 0 Å². The molecule has 0 amide bonds. The molecule has 0 aromatic heterocycles. The molecule has 1 aromatic carbocycles. The summed E-state index contributed by atoms with van der Waals surface area (Å²) < 4.78 is 0. The molecule has 0 spiro atoms. The lowest BCUT2D eigenvalue weighted by molar-refractivity contribution is 0.0929. The maximum absolute atomic E-state index is 10.7. The van der Waals surface area contributed by atoms with Crippen LogP contribution in [0.25, 0.3) is 0 Å². The van der Waals surface area contributed by atoms with Gasteiger partial charge in [-0.05, 0) is 75.5 Å². The van der Waals surface area contributed by atoms with E-state index < -0.39 is 0 Å². The summed E-state index contributed by atoms with van der Waals surface area (Å²) in [4.78, 5) is 0. The molecule has 0 radical (unpaired) electrons. The maximum atomic E-state index is 10.7. The predicted molar refractivity (Wildman–Crippen MR) is 86.0 cm³/mol. The number of aryl methyl sites for hydroxylation is 3. The second-order valence-corrected chi connectivity index (χ2v) is 6.84. The topological polar surface area (TPSA) is 20.2 Å². The number of aliphatic hydroxyl groups is 1. The molecular weight excluding hydrogens is 244 g/mol. The Morgan fingerprint density at radius 2 is 1.75 bits per heavy atom. The lowest BCUT2D eigenvalue weighted by Gasteiger charge is -2.30. The van der Waals surface area contributed by atoms with Crippen molar-refractivity contribution in [1.29, 1.82) is 0 Å². The largest absolute Gasteiger partial charge is 0.392 e. The molecule has 1 nitrogen and oxygen atoms in total. The monoisotopic (exact) mass is 272 g/mol. The van der Waals surface area contributed by atoms with Crippen molar-refractivity contribution in [3.05, 3.63) is 46.0 Å². The maximum Gasteiger partial charge on any atom is 0.0612 e. The van der Waals surface area contributed by atoms with Gasteiger partial charge < -0.3 is 5.11 Å². The second kappa shape index (κ2) is 6.13. The highest BCUT2D eigenvalue weighted by Crippen LogP contribution is 2.32. The third kappa shape index (κ3) is 3.52. The Morgan fingerprint density at radius 1 is 1.15 bits per heavy atom. The van der Waals surface area contributed by atoms with E-state index in [0.717, 1.165) is 19.3 Å². The SMILES string of the molecule is CC1=CC(C)CC(C(O)Cc2c(C)cc(C)cc2C)C1. The first-order chi connectivity index (χ1) is 9.36. The molecule has 3 atom stereocenters. The first-order valence-corrected chi connectivity index (χ1v) is 7.79. The minimum Gasteiger partial charge on any atom is -0.392 e. The van der Waals surface area contributed by atoms with Gasteiger partial charge >= 0.3 is 0 Å². The molecule has 3 unspecified atom stereocenters. The van der Waals surface area contributed by atoms with Crippen LogP contribution < -0.4 is 0 Å². The number of hydrogen-bond acceptors (Lipinski definition) is 1. The van der Waals surface area contributed by atoms with Crippen LogP contribution in [0.3, 0.4) is 0 Å². The molecule has 110 valence electrons. The summed E-state index contributed by atoms with van der Waals surface area (Å²) in [6, 6.07) is 4.45. The van der Waals surface area contributed by atoms with Gasteiger partial charge in [0.05, 0.1) is 6.10 Å². The first kappa shape index (κ1) is 15.3. The van der Waals surface area contributed by atoms with E-state index in [9.17, 15) is 5.11 Å². The predicted octanol–water partition coefficient (Wildman–Crippen LogP) is 4.51. The molecule has 1 aliphatic rings. The van der Waals surface area contributed by atoms with Crippen molar-refractivity contribution in [3.63, 3.8) is 0 Å². The normalized spacial score (nSPS) is 24.4. The van der Waals surface area contributed by atoms with Crippen LogP contribution in [0.15, 0.2) is 23.8 Å². The van der Waals surface area contributed by atoms with Gasteiger partial charge in [0.15, 0.2) is 0 Å². The number of hydrogen-bond donors (Lipinski definition) is 1. The molecule has 0 saturated carbocycles. The molecule has 0 bridgehead atoms. The first-order valence-electron chi connectivity index (χ1n) is 7.79. The Hall–Kier alpha value is -1.08. The van der Waals surface area contributed by atoms with Crippen LogP contribution in [0.2, 0.25) is 0 Å². The van der Waals surface area contributed by atoms with Gasteiger partial charge in [-0.25, -0.2) is 0 Å². The van der Waals surface area contributed by atoms with Gasteiger partial charge in [0.1, 0.15) is 0 Å². The van der Waals surface area contributed by atoms with E-state index >= 15 is 0 Å². The van der Waals surface area contributed by atoms with Crippen molar-refractivity contribution in [3.8, 4) is 0 Å². The van der Waals surface area contributed by atoms with Crippen molar-refractivity contribution in [2.45, 2.75) is 60.0 Å². The summed E-state index contributed by atoms with van der Waals surface area (Å²) >= 11 is 0. The molecule has 2 rings (SSSR count). The zero-order valence-electron chi connectivity index (χ0n) is 13.5. The van der Waals surface area contributed by atoms with Crippen LogP contribution in [0.1, 0.15) is 48.9 Å². The number of allylic oxidation sites excluding steroid dienone is 2. The van der Waals surface area contributed by atoms with E-state index in [1.807, 2.05) is 0 Å². The van der Waals surface area contributed by atoms with Gasteiger partial charge in [0.25, 0.3) is 0 Å². The van der Waals surface area contributed by atoms with Gasteiger partial charge in [0, 0.05) is 0 Å². The Labute approximate surface area is 123 Å². The molecule has 0 aliphatic heterocycles. The fraction of sp³-hybridized carbons (Fsp3) is 0.579. The van der Waals surface area contributed by atoms with Crippen LogP contribution in [-0.2, 0) is 6.42 Å². The number of aliphatic hydroxyl groups excluding tert-OH is 1. The Morgan fingerprint density at radius 3 is 2.30 bits per heavy atom. The van der Waals surface area contributed by atoms with Crippen LogP contribution in [0.5, 0.6) is 0 Å². The quantitative estimate of drug-likeness (QED) is 0.803. The van der Waals surface area contributed by atoms with E-state index in [4.69, 9.17) is 0 Å². The van der Waals surface area contributed by atoms with Crippen molar-refractivity contribution in [1.82, 2.24) is 0 Å². The van der Waals surface area contributed by atoms with Crippen LogP contribution >= 0.6 is 0 Å². The minimum absolute atomic E-state index is 0.221. The summed E-state index contributed by atoms with van der Waals surface area (Å²) in [6.45, 7) is 10.9. The zero-order valence-corrected chi connectivity index (χ0v) is 13.5. The van der Waals surface area contributed by atoms with Crippen molar-refractivity contribution >= 4 is 0 Å². The molecule has 1 aliphatic carbocycles.